The number of aliphatic hydroxyl groups is 2. The summed E-state index contributed by atoms with van der Waals surface area (Å²) in [4.78, 5) is 0. The second kappa shape index (κ2) is 28.2. The minimum atomic E-state index is -1.40. The van der Waals surface area contributed by atoms with Crippen molar-refractivity contribution in [1.29, 1.82) is 0 Å². The van der Waals surface area contributed by atoms with Gasteiger partial charge in [-0.15, -0.1) is 0 Å². The monoisotopic (exact) mass is 327 g/mol. The summed E-state index contributed by atoms with van der Waals surface area (Å²) in [5.41, 5.74) is 0. The zero-order chi connectivity index (χ0) is 16.8. The molecular formula is C14H35O6Si. The molecular weight excluding hydrogens is 292 g/mol. The Kier molecular flexibility index (Phi) is 34.8. The molecule has 0 aliphatic carbocycles. The molecule has 0 spiro atoms. The third kappa shape index (κ3) is 33.0. The normalized spacial score (nSPS) is 9.71. The summed E-state index contributed by atoms with van der Waals surface area (Å²) in [6.07, 6.45) is 2.28. The molecule has 0 saturated heterocycles. The number of rotatable bonds is 11. The van der Waals surface area contributed by atoms with Crippen molar-refractivity contribution in [3.05, 3.63) is 0 Å². The van der Waals surface area contributed by atoms with E-state index in [1.807, 2.05) is 20.8 Å². The fourth-order valence-electron chi connectivity index (χ4n) is 0.869. The van der Waals surface area contributed by atoms with Crippen molar-refractivity contribution in [2.45, 2.75) is 47.5 Å². The fourth-order valence-corrected chi connectivity index (χ4v) is 1.83. The van der Waals surface area contributed by atoms with E-state index in [1.54, 1.807) is 0 Å². The molecule has 0 bridgehead atoms. The molecule has 21 heavy (non-hydrogen) atoms. The first-order valence-corrected chi connectivity index (χ1v) is 8.95. The van der Waals surface area contributed by atoms with E-state index < -0.39 is 9.53 Å². The Labute approximate surface area is 132 Å². The molecule has 0 heterocycles. The molecule has 0 fully saturated rings. The zero-order valence-electron chi connectivity index (χ0n) is 14.4. The first-order valence-electron chi connectivity index (χ1n) is 7.72. The van der Waals surface area contributed by atoms with Crippen molar-refractivity contribution in [2.24, 2.45) is 0 Å². The maximum Gasteiger partial charge on any atom is 0.577 e. The van der Waals surface area contributed by atoms with Gasteiger partial charge in [-0.2, -0.15) is 0 Å². The van der Waals surface area contributed by atoms with Gasteiger partial charge in [0.1, 0.15) is 0 Å². The largest absolute Gasteiger partial charge is 0.577 e. The summed E-state index contributed by atoms with van der Waals surface area (Å²) in [5, 5.41) is 15.2. The van der Waals surface area contributed by atoms with Crippen molar-refractivity contribution in [3.63, 3.8) is 0 Å². The van der Waals surface area contributed by atoms with E-state index in [9.17, 15) is 0 Å². The molecule has 0 amide bonds. The van der Waals surface area contributed by atoms with Gasteiger partial charge in [-0.3, -0.25) is 0 Å². The fraction of sp³-hybridized carbons (Fsp3) is 1.00. The van der Waals surface area contributed by atoms with Crippen molar-refractivity contribution in [2.75, 3.05) is 46.2 Å². The molecule has 7 heteroatoms. The molecule has 0 atom stereocenters. The third-order valence-electron chi connectivity index (χ3n) is 1.58. The second-order valence-corrected chi connectivity index (χ2v) is 4.97. The van der Waals surface area contributed by atoms with Gasteiger partial charge in [0.2, 0.25) is 0 Å². The van der Waals surface area contributed by atoms with Crippen LogP contribution >= 0.6 is 0 Å². The molecule has 6 nitrogen and oxygen atoms in total. The molecule has 1 radical (unpaired) electrons. The zero-order valence-corrected chi connectivity index (χ0v) is 15.4. The van der Waals surface area contributed by atoms with Crippen LogP contribution in [0, 0.1) is 0 Å². The van der Waals surface area contributed by atoms with Crippen LogP contribution in [0.15, 0.2) is 0 Å². The molecule has 2 N–H and O–H groups in total. The minimum absolute atomic E-state index is 0.125. The molecule has 0 unspecified atom stereocenters. The number of ether oxygens (including phenoxy) is 1. The SMILES string of the molecule is CCCOCCC.CCO[Si](OCC)OCC.OCCO. The lowest BCUT2D eigenvalue weighted by Crippen LogP contribution is -2.27. The average molecular weight is 328 g/mol. The Morgan fingerprint density at radius 2 is 1.00 bits per heavy atom. The lowest BCUT2D eigenvalue weighted by Gasteiger charge is -2.10. The van der Waals surface area contributed by atoms with Crippen LogP contribution in [0.3, 0.4) is 0 Å². The van der Waals surface area contributed by atoms with Crippen molar-refractivity contribution < 1.29 is 28.2 Å². The molecule has 0 rings (SSSR count). The van der Waals surface area contributed by atoms with Gasteiger partial charge in [-0.25, -0.2) is 0 Å². The second-order valence-electron chi connectivity index (χ2n) is 3.61. The van der Waals surface area contributed by atoms with E-state index in [2.05, 4.69) is 13.8 Å². The topological polar surface area (TPSA) is 77.4 Å². The smallest absolute Gasteiger partial charge is 0.394 e. The Morgan fingerprint density at radius 1 is 0.667 bits per heavy atom. The lowest BCUT2D eigenvalue weighted by atomic mass is 10.5. The van der Waals surface area contributed by atoms with Crippen LogP contribution in [0.25, 0.3) is 0 Å². The highest BCUT2D eigenvalue weighted by molar-refractivity contribution is 6.36. The Bertz CT molecular complexity index is 131. The van der Waals surface area contributed by atoms with Gasteiger partial charge in [0.25, 0.3) is 0 Å². The number of hydrogen-bond donors (Lipinski definition) is 2. The summed E-state index contributed by atoms with van der Waals surface area (Å²) < 4.78 is 20.7. The highest BCUT2D eigenvalue weighted by Gasteiger charge is 2.15. The van der Waals surface area contributed by atoms with Gasteiger partial charge in [0.15, 0.2) is 0 Å². The molecule has 131 valence electrons. The predicted octanol–water partition coefficient (Wildman–Crippen LogP) is 1.87. The van der Waals surface area contributed by atoms with E-state index in [-0.39, 0.29) is 13.2 Å². The summed E-state index contributed by atoms with van der Waals surface area (Å²) in [6.45, 7) is 13.6. The van der Waals surface area contributed by atoms with Crippen LogP contribution in [0.2, 0.25) is 0 Å². The van der Waals surface area contributed by atoms with Crippen LogP contribution in [-0.2, 0) is 18.0 Å². The van der Waals surface area contributed by atoms with Gasteiger partial charge >= 0.3 is 9.53 Å². The van der Waals surface area contributed by atoms with E-state index in [1.165, 1.54) is 0 Å². The molecule has 0 aliphatic rings. The van der Waals surface area contributed by atoms with Crippen molar-refractivity contribution >= 4 is 9.53 Å². The van der Waals surface area contributed by atoms with Crippen LogP contribution in [0.5, 0.6) is 0 Å². The lowest BCUT2D eigenvalue weighted by molar-refractivity contribution is 0.107. The number of hydrogen-bond acceptors (Lipinski definition) is 6. The van der Waals surface area contributed by atoms with Gasteiger partial charge in [0, 0.05) is 33.0 Å². The first kappa shape index (κ1) is 25.9. The summed E-state index contributed by atoms with van der Waals surface area (Å²) in [6, 6.07) is 0. The van der Waals surface area contributed by atoms with Crippen LogP contribution in [0.4, 0.5) is 0 Å². The van der Waals surface area contributed by atoms with Crippen molar-refractivity contribution in [1.82, 2.24) is 0 Å². The van der Waals surface area contributed by atoms with Crippen LogP contribution in [0.1, 0.15) is 47.5 Å². The van der Waals surface area contributed by atoms with Crippen LogP contribution in [-0.4, -0.2) is 66.0 Å². The average Bonchev–Trinajstić information content (AvgIpc) is 2.50. The maximum atomic E-state index is 7.62. The molecule has 0 aliphatic heterocycles. The van der Waals surface area contributed by atoms with Crippen molar-refractivity contribution in [3.8, 4) is 0 Å². The van der Waals surface area contributed by atoms with E-state index in [0.29, 0.717) is 19.8 Å². The van der Waals surface area contributed by atoms with Gasteiger partial charge < -0.3 is 28.2 Å². The Morgan fingerprint density at radius 3 is 1.19 bits per heavy atom. The predicted molar refractivity (Wildman–Crippen MR) is 86.2 cm³/mol. The molecule has 0 aromatic rings. The maximum absolute atomic E-state index is 7.62. The molecule has 0 aromatic heterocycles. The molecule has 0 saturated carbocycles. The summed E-state index contributed by atoms with van der Waals surface area (Å²) in [7, 11) is -1.40. The van der Waals surface area contributed by atoms with Gasteiger partial charge in [-0.05, 0) is 33.6 Å². The van der Waals surface area contributed by atoms with Gasteiger partial charge in [0.05, 0.1) is 13.2 Å². The van der Waals surface area contributed by atoms with E-state index in [0.717, 1.165) is 26.1 Å². The highest BCUT2D eigenvalue weighted by Crippen LogP contribution is 1.91. The van der Waals surface area contributed by atoms with E-state index in [4.69, 9.17) is 28.2 Å². The quantitative estimate of drug-likeness (QED) is 0.446. The minimum Gasteiger partial charge on any atom is -0.394 e. The summed E-state index contributed by atoms with van der Waals surface area (Å²) in [5.74, 6) is 0. The first-order chi connectivity index (χ1) is 10.2. The Hall–Kier alpha value is -0.0231. The van der Waals surface area contributed by atoms with E-state index >= 15 is 0 Å². The standard InChI is InChI=1S/C6H15O3Si.C6H14O.C2H6O2/c1-4-7-10(8-5-2)9-6-3;1-3-5-7-6-4-2;3-1-2-4/h4-6H2,1-3H3;3-6H2,1-2H3;3-4H,1-2H2. The van der Waals surface area contributed by atoms with Crippen LogP contribution < -0.4 is 0 Å². The summed E-state index contributed by atoms with van der Waals surface area (Å²) >= 11 is 0. The van der Waals surface area contributed by atoms with Gasteiger partial charge in [-0.1, -0.05) is 13.8 Å². The molecule has 0 aromatic carbocycles. The third-order valence-corrected chi connectivity index (χ3v) is 3.16. The number of aliphatic hydroxyl groups excluding tert-OH is 2. The Balaban J connectivity index is -0.000000256. The highest BCUT2D eigenvalue weighted by atomic mass is 28.3.